The number of hydrogen-bond donors (Lipinski definition) is 2. The van der Waals surface area contributed by atoms with Crippen LogP contribution in [0, 0.1) is 0 Å². The van der Waals surface area contributed by atoms with E-state index in [1.807, 2.05) is 41.8 Å². The second kappa shape index (κ2) is 7.47. The molecule has 0 atom stereocenters. The number of benzene rings is 1. The molecule has 5 rings (SSSR count). The summed E-state index contributed by atoms with van der Waals surface area (Å²) in [5, 5.41) is 9.28. The third-order valence-corrected chi connectivity index (χ3v) is 5.23. The van der Waals surface area contributed by atoms with E-state index in [2.05, 4.69) is 20.6 Å². The molecule has 0 bridgehead atoms. The van der Waals surface area contributed by atoms with E-state index in [0.717, 1.165) is 64.7 Å². The fourth-order valence-corrected chi connectivity index (χ4v) is 3.81. The number of anilines is 1. The highest BCUT2D eigenvalue weighted by Crippen LogP contribution is 2.34. The lowest BCUT2D eigenvalue weighted by Crippen LogP contribution is -2.35. The van der Waals surface area contributed by atoms with Crippen molar-refractivity contribution in [3.63, 3.8) is 0 Å². The molecule has 2 aliphatic heterocycles. The number of nitrogens with one attached hydrogen (secondary N) is 2. The Balaban J connectivity index is 1.39. The molecule has 0 radical (unpaired) electrons. The lowest BCUT2D eigenvalue weighted by atomic mass is 10.1. The number of aliphatic imine (C=N–C) groups is 1. The normalized spacial score (nSPS) is 15.5. The number of guanidine groups is 1. The van der Waals surface area contributed by atoms with E-state index >= 15 is 0 Å². The molecule has 0 unspecified atom stereocenters. The van der Waals surface area contributed by atoms with Gasteiger partial charge in [-0.3, -0.25) is 4.99 Å². The van der Waals surface area contributed by atoms with Gasteiger partial charge in [-0.2, -0.15) is 0 Å². The van der Waals surface area contributed by atoms with E-state index in [0.29, 0.717) is 13.2 Å². The molecule has 1 aromatic carbocycles. The third-order valence-electron chi connectivity index (χ3n) is 4.48. The highest BCUT2D eigenvalue weighted by atomic mass is 32.1. The maximum absolute atomic E-state index is 5.69. The summed E-state index contributed by atoms with van der Waals surface area (Å²) in [6.45, 7) is 2.93. The Labute approximate surface area is 166 Å². The van der Waals surface area contributed by atoms with Gasteiger partial charge in [0.1, 0.15) is 18.9 Å². The van der Waals surface area contributed by atoms with Gasteiger partial charge in [0.2, 0.25) is 0 Å². The van der Waals surface area contributed by atoms with Crippen molar-refractivity contribution in [1.82, 2.24) is 15.3 Å². The van der Waals surface area contributed by atoms with Gasteiger partial charge >= 0.3 is 0 Å². The van der Waals surface area contributed by atoms with Crippen LogP contribution < -0.4 is 20.1 Å². The van der Waals surface area contributed by atoms with Crippen molar-refractivity contribution in [2.45, 2.75) is 6.42 Å². The molecule has 2 aromatic heterocycles. The van der Waals surface area contributed by atoms with Crippen LogP contribution >= 0.6 is 11.3 Å². The highest BCUT2D eigenvalue weighted by molar-refractivity contribution is 7.14. The molecule has 0 spiro atoms. The van der Waals surface area contributed by atoms with Gasteiger partial charge in [0, 0.05) is 24.0 Å². The summed E-state index contributed by atoms with van der Waals surface area (Å²) >= 11 is 1.54. The zero-order valence-electron chi connectivity index (χ0n) is 15.1. The van der Waals surface area contributed by atoms with Crippen molar-refractivity contribution in [2.75, 3.05) is 31.6 Å². The van der Waals surface area contributed by atoms with Gasteiger partial charge in [-0.25, -0.2) is 9.97 Å². The van der Waals surface area contributed by atoms with Gasteiger partial charge in [0.15, 0.2) is 22.6 Å². The van der Waals surface area contributed by atoms with Crippen molar-refractivity contribution >= 4 is 22.4 Å². The summed E-state index contributed by atoms with van der Waals surface area (Å²) < 4.78 is 11.3. The van der Waals surface area contributed by atoms with Gasteiger partial charge in [0.05, 0.1) is 11.4 Å². The Kier molecular flexibility index (Phi) is 4.54. The van der Waals surface area contributed by atoms with E-state index in [9.17, 15) is 0 Å². The fraction of sp³-hybridized carbons (Fsp3) is 0.250. The Morgan fingerprint density at radius 3 is 2.75 bits per heavy atom. The van der Waals surface area contributed by atoms with Crippen molar-refractivity contribution in [3.8, 4) is 34.1 Å². The van der Waals surface area contributed by atoms with E-state index < -0.39 is 0 Å². The predicted octanol–water partition coefficient (Wildman–Crippen LogP) is 3.40. The van der Waals surface area contributed by atoms with E-state index in [4.69, 9.17) is 14.5 Å². The zero-order valence-corrected chi connectivity index (χ0v) is 16.0. The molecule has 2 N–H and O–H groups in total. The number of pyridine rings is 1. The molecule has 8 heteroatoms. The summed E-state index contributed by atoms with van der Waals surface area (Å²) in [5.74, 6) is 2.32. The molecule has 28 heavy (non-hydrogen) atoms. The molecule has 0 fully saturated rings. The standard InChI is InChI=1S/C20H19N5O2S/c1-3-14(13-5-6-17-18(11-13)27-10-9-26-17)23-15(4-1)16-12-28-20(24-16)25-19-21-7-2-8-22-19/h1,3-6,11-12H,2,7-10H2,(H2,21,22,24,25). The summed E-state index contributed by atoms with van der Waals surface area (Å²) in [5.41, 5.74) is 3.52. The molecule has 0 saturated carbocycles. The summed E-state index contributed by atoms with van der Waals surface area (Å²) in [6.07, 6.45) is 1.06. The van der Waals surface area contributed by atoms with Crippen LogP contribution in [0.5, 0.6) is 11.5 Å². The first kappa shape index (κ1) is 17.0. The fourth-order valence-electron chi connectivity index (χ4n) is 3.11. The lowest BCUT2D eigenvalue weighted by molar-refractivity contribution is 0.171. The summed E-state index contributed by atoms with van der Waals surface area (Å²) in [4.78, 5) is 13.9. The van der Waals surface area contributed by atoms with Crippen LogP contribution in [0.15, 0.2) is 46.8 Å². The molecule has 0 saturated heterocycles. The van der Waals surface area contributed by atoms with Crippen LogP contribution in [0.2, 0.25) is 0 Å². The zero-order chi connectivity index (χ0) is 18.8. The van der Waals surface area contributed by atoms with E-state index in [1.165, 1.54) is 11.3 Å². The van der Waals surface area contributed by atoms with Gasteiger partial charge in [-0.05, 0) is 36.8 Å². The lowest BCUT2D eigenvalue weighted by Gasteiger charge is -2.18. The number of thiazole rings is 1. The molecular formula is C20H19N5O2S. The number of fused-ring (bicyclic) bond motifs is 1. The van der Waals surface area contributed by atoms with Gasteiger partial charge < -0.3 is 20.1 Å². The Hall–Kier alpha value is -3.13. The molecule has 7 nitrogen and oxygen atoms in total. The van der Waals surface area contributed by atoms with Crippen LogP contribution in [-0.4, -0.2) is 42.2 Å². The maximum Gasteiger partial charge on any atom is 0.197 e. The second-order valence-corrected chi connectivity index (χ2v) is 7.30. The number of rotatable bonds is 3. The maximum atomic E-state index is 5.69. The Bertz CT molecular complexity index is 1030. The van der Waals surface area contributed by atoms with Crippen LogP contribution in [0.1, 0.15) is 6.42 Å². The van der Waals surface area contributed by atoms with Crippen molar-refractivity contribution in [2.24, 2.45) is 4.99 Å². The largest absolute Gasteiger partial charge is 0.486 e. The molecule has 4 heterocycles. The summed E-state index contributed by atoms with van der Waals surface area (Å²) in [6, 6.07) is 11.9. The van der Waals surface area contributed by atoms with Crippen molar-refractivity contribution in [3.05, 3.63) is 41.8 Å². The molecular weight excluding hydrogens is 374 g/mol. The average molecular weight is 393 g/mol. The minimum atomic E-state index is 0.568. The van der Waals surface area contributed by atoms with Crippen molar-refractivity contribution < 1.29 is 9.47 Å². The van der Waals surface area contributed by atoms with Crippen molar-refractivity contribution in [1.29, 1.82) is 0 Å². The molecule has 2 aliphatic rings. The van der Waals surface area contributed by atoms with E-state index in [-0.39, 0.29) is 0 Å². The molecule has 0 amide bonds. The number of ether oxygens (including phenoxy) is 2. The van der Waals surface area contributed by atoms with Crippen LogP contribution in [0.3, 0.4) is 0 Å². The van der Waals surface area contributed by atoms with Gasteiger partial charge in [-0.15, -0.1) is 11.3 Å². The second-order valence-electron chi connectivity index (χ2n) is 6.44. The topological polar surface area (TPSA) is 80.7 Å². The number of hydrogen-bond acceptors (Lipinski definition) is 8. The Morgan fingerprint density at radius 2 is 1.86 bits per heavy atom. The quantitative estimate of drug-likeness (QED) is 0.710. The molecule has 3 aromatic rings. The van der Waals surface area contributed by atoms with Gasteiger partial charge in [-0.1, -0.05) is 6.07 Å². The third kappa shape index (κ3) is 3.50. The van der Waals surface area contributed by atoms with Crippen LogP contribution in [-0.2, 0) is 0 Å². The average Bonchev–Trinajstić information content (AvgIpc) is 3.23. The first-order valence-corrected chi connectivity index (χ1v) is 10.1. The molecule has 0 aliphatic carbocycles. The first-order chi connectivity index (χ1) is 13.8. The van der Waals surface area contributed by atoms with Crippen LogP contribution in [0.4, 0.5) is 5.13 Å². The van der Waals surface area contributed by atoms with Gasteiger partial charge in [0.25, 0.3) is 0 Å². The van der Waals surface area contributed by atoms with E-state index in [1.54, 1.807) is 0 Å². The number of aromatic nitrogens is 2. The molecule has 142 valence electrons. The number of nitrogens with zero attached hydrogens (tertiary/aromatic N) is 3. The minimum absolute atomic E-state index is 0.568. The monoisotopic (exact) mass is 393 g/mol. The highest BCUT2D eigenvalue weighted by Gasteiger charge is 2.14. The summed E-state index contributed by atoms with van der Waals surface area (Å²) in [7, 11) is 0. The minimum Gasteiger partial charge on any atom is -0.486 e. The predicted molar refractivity (Wildman–Crippen MR) is 110 cm³/mol. The first-order valence-electron chi connectivity index (χ1n) is 9.23. The Morgan fingerprint density at radius 1 is 0.964 bits per heavy atom. The SMILES string of the molecule is c1cc(-c2ccc3c(c2)OCCO3)nc(-c2csc(NC3=NCCCN3)n2)c1. The smallest absolute Gasteiger partial charge is 0.197 e. The van der Waals surface area contributed by atoms with Crippen LogP contribution in [0.25, 0.3) is 22.6 Å².